The van der Waals surface area contributed by atoms with E-state index in [1.165, 1.54) is 89.4 Å². The van der Waals surface area contributed by atoms with Crippen LogP contribution in [0.2, 0.25) is 0 Å². The Morgan fingerprint density at radius 1 is 0.889 bits per heavy atom. The molecule has 0 radical (unpaired) electrons. The molecule has 5 heteroatoms. The molecule has 1 fully saturated rings. The van der Waals surface area contributed by atoms with Crippen molar-refractivity contribution in [3.63, 3.8) is 0 Å². The molecule has 0 bridgehead atoms. The summed E-state index contributed by atoms with van der Waals surface area (Å²) in [5.74, 6) is 0. The summed E-state index contributed by atoms with van der Waals surface area (Å²) in [4.78, 5) is 12.4. The van der Waals surface area contributed by atoms with Crippen LogP contribution < -0.4 is 0 Å². The van der Waals surface area contributed by atoms with Crippen molar-refractivity contribution in [3.8, 4) is 0 Å². The first kappa shape index (κ1) is 23.6. The summed E-state index contributed by atoms with van der Waals surface area (Å²) >= 11 is 0. The van der Waals surface area contributed by atoms with Crippen LogP contribution in [-0.4, -0.2) is 43.7 Å². The Bertz CT molecular complexity index is 477. The van der Waals surface area contributed by atoms with Crippen molar-refractivity contribution in [1.82, 2.24) is 4.90 Å². The third kappa shape index (κ3) is 12.5. The molecular formula is C22H38N2O3. The number of nitrogens with zero attached hydrogens (tertiary/aromatic N) is 2. The van der Waals surface area contributed by atoms with Crippen molar-refractivity contribution < 1.29 is 9.66 Å². The van der Waals surface area contributed by atoms with Crippen LogP contribution in [0.15, 0.2) is 24.3 Å². The van der Waals surface area contributed by atoms with E-state index in [1.807, 2.05) is 0 Å². The van der Waals surface area contributed by atoms with Crippen molar-refractivity contribution in [1.29, 1.82) is 0 Å². The van der Waals surface area contributed by atoms with Gasteiger partial charge in [0.25, 0.3) is 5.69 Å². The molecule has 0 unspecified atom stereocenters. The lowest BCUT2D eigenvalue weighted by Crippen LogP contribution is -2.20. The molecule has 154 valence electrons. The van der Waals surface area contributed by atoms with Crippen LogP contribution >= 0.6 is 0 Å². The molecule has 0 aromatic heterocycles. The molecule has 0 N–H and O–H groups in total. The van der Waals surface area contributed by atoms with Crippen molar-refractivity contribution in [2.24, 2.45) is 0 Å². The van der Waals surface area contributed by atoms with E-state index in [0.29, 0.717) is 6.61 Å². The lowest BCUT2D eigenvalue weighted by Gasteiger charge is -2.15. The van der Waals surface area contributed by atoms with Crippen molar-refractivity contribution in [2.45, 2.75) is 70.6 Å². The molecule has 0 spiro atoms. The highest BCUT2D eigenvalue weighted by Crippen LogP contribution is 2.13. The fourth-order valence-corrected chi connectivity index (χ4v) is 3.29. The predicted molar refractivity (Wildman–Crippen MR) is 112 cm³/mol. The maximum atomic E-state index is 10.3. The zero-order chi connectivity index (χ0) is 19.7. The number of rotatable bonds is 4. The molecule has 1 saturated heterocycles. The number of nitro groups is 1. The highest BCUT2D eigenvalue weighted by molar-refractivity contribution is 5.32. The Labute approximate surface area is 165 Å². The lowest BCUT2D eigenvalue weighted by molar-refractivity contribution is -0.384. The molecule has 2 rings (SSSR count). The minimum Gasteiger partial charge on any atom is -0.384 e. The quantitative estimate of drug-likeness (QED) is 0.504. The number of nitro benzene ring substituents is 1. The second kappa shape index (κ2) is 15.6. The number of methoxy groups -OCH3 is 1. The summed E-state index contributed by atoms with van der Waals surface area (Å²) in [5.41, 5.74) is 1.17. The monoisotopic (exact) mass is 378 g/mol. The topological polar surface area (TPSA) is 55.6 Å². The zero-order valence-corrected chi connectivity index (χ0v) is 17.3. The summed E-state index contributed by atoms with van der Waals surface area (Å²) in [7, 11) is 3.91. The van der Waals surface area contributed by atoms with E-state index >= 15 is 0 Å². The van der Waals surface area contributed by atoms with E-state index in [0.717, 1.165) is 12.0 Å². The molecule has 0 saturated carbocycles. The van der Waals surface area contributed by atoms with E-state index < -0.39 is 4.92 Å². The third-order valence-corrected chi connectivity index (χ3v) is 5.07. The first-order valence-corrected chi connectivity index (χ1v) is 10.5. The van der Waals surface area contributed by atoms with Crippen LogP contribution in [0.5, 0.6) is 0 Å². The van der Waals surface area contributed by atoms with Crippen LogP contribution in [0.4, 0.5) is 5.69 Å². The van der Waals surface area contributed by atoms with Crippen molar-refractivity contribution in [2.75, 3.05) is 33.9 Å². The van der Waals surface area contributed by atoms with Gasteiger partial charge in [0.15, 0.2) is 0 Å². The second-order valence-corrected chi connectivity index (χ2v) is 7.51. The van der Waals surface area contributed by atoms with Gasteiger partial charge < -0.3 is 9.64 Å². The minimum atomic E-state index is -0.403. The number of non-ortho nitro benzene ring substituents is 1. The summed E-state index contributed by atoms with van der Waals surface area (Å²) < 4.78 is 4.89. The van der Waals surface area contributed by atoms with Crippen molar-refractivity contribution >= 4 is 5.69 Å². The van der Waals surface area contributed by atoms with Gasteiger partial charge in [0.1, 0.15) is 0 Å². The maximum absolute atomic E-state index is 10.3. The summed E-state index contributed by atoms with van der Waals surface area (Å²) in [5, 5.41) is 10.3. The highest BCUT2D eigenvalue weighted by Gasteiger charge is 2.03. The van der Waals surface area contributed by atoms with Crippen LogP contribution in [0.1, 0.15) is 69.8 Å². The molecule has 1 aliphatic rings. The summed E-state index contributed by atoms with van der Waals surface area (Å²) in [6.07, 6.45) is 15.4. The van der Waals surface area contributed by atoms with E-state index in [-0.39, 0.29) is 5.69 Å². The van der Waals surface area contributed by atoms with Gasteiger partial charge in [-0.05, 0) is 45.0 Å². The number of hydrogen-bond acceptors (Lipinski definition) is 4. The number of hydrogen-bond donors (Lipinski definition) is 0. The first-order chi connectivity index (χ1) is 13.1. The molecule has 1 aliphatic heterocycles. The second-order valence-electron chi connectivity index (χ2n) is 7.51. The summed E-state index contributed by atoms with van der Waals surface area (Å²) in [6.45, 7) is 3.28. The van der Waals surface area contributed by atoms with Gasteiger partial charge in [-0.2, -0.15) is 0 Å². The maximum Gasteiger partial charge on any atom is 0.269 e. The van der Waals surface area contributed by atoms with E-state index in [1.54, 1.807) is 19.2 Å². The smallest absolute Gasteiger partial charge is 0.269 e. The predicted octanol–water partition coefficient (Wildman–Crippen LogP) is 5.62. The van der Waals surface area contributed by atoms with Crippen LogP contribution in [-0.2, 0) is 11.2 Å². The lowest BCUT2D eigenvalue weighted by atomic mass is 10.1. The normalized spacial score (nSPS) is 17.6. The molecule has 0 aliphatic carbocycles. The molecular weight excluding hydrogens is 340 g/mol. The van der Waals surface area contributed by atoms with Gasteiger partial charge in [0.05, 0.1) is 11.5 Å². The van der Waals surface area contributed by atoms with Gasteiger partial charge in [-0.25, -0.2) is 0 Å². The van der Waals surface area contributed by atoms with E-state index in [4.69, 9.17) is 4.74 Å². The molecule has 1 heterocycles. The fourth-order valence-electron chi connectivity index (χ4n) is 3.29. The van der Waals surface area contributed by atoms with Crippen LogP contribution in [0.25, 0.3) is 0 Å². The molecule has 1 aromatic rings. The van der Waals surface area contributed by atoms with Gasteiger partial charge in [-0.3, -0.25) is 10.1 Å². The Morgan fingerprint density at radius 2 is 1.33 bits per heavy atom. The van der Waals surface area contributed by atoms with Gasteiger partial charge in [0, 0.05) is 19.2 Å². The van der Waals surface area contributed by atoms with Gasteiger partial charge in [0.2, 0.25) is 0 Å². The molecule has 5 nitrogen and oxygen atoms in total. The molecule has 0 atom stereocenters. The third-order valence-electron chi connectivity index (χ3n) is 5.07. The highest BCUT2D eigenvalue weighted by atomic mass is 16.6. The Kier molecular flexibility index (Phi) is 13.6. The Morgan fingerprint density at radius 3 is 1.74 bits per heavy atom. The Hall–Kier alpha value is -1.46. The average Bonchev–Trinajstić information content (AvgIpc) is 2.70. The van der Waals surface area contributed by atoms with E-state index in [9.17, 15) is 10.1 Å². The number of ether oxygens (including phenoxy) is 1. The fraction of sp³-hybridized carbons (Fsp3) is 0.727. The van der Waals surface area contributed by atoms with Gasteiger partial charge in [-0.15, -0.1) is 0 Å². The molecule has 1 aromatic carbocycles. The van der Waals surface area contributed by atoms with Crippen LogP contribution in [0.3, 0.4) is 0 Å². The van der Waals surface area contributed by atoms with Crippen molar-refractivity contribution in [3.05, 3.63) is 39.9 Å². The van der Waals surface area contributed by atoms with E-state index in [2.05, 4.69) is 11.9 Å². The van der Waals surface area contributed by atoms with Gasteiger partial charge in [-0.1, -0.05) is 63.5 Å². The average molecular weight is 379 g/mol. The SMILES string of the molecule is CN1CCCCCCCCCCCC1.COCCc1ccc([N+](=O)[O-])cc1. The zero-order valence-electron chi connectivity index (χ0n) is 17.3. The molecule has 27 heavy (non-hydrogen) atoms. The largest absolute Gasteiger partial charge is 0.384 e. The Balaban J connectivity index is 0.000000271. The standard InChI is InChI=1S/C13H27N.C9H11NO3/c1-14-12-10-8-6-4-2-3-5-7-9-11-13-14;1-13-7-6-8-2-4-9(5-3-8)10(11)12/h2-13H2,1H3;2-5H,6-7H2,1H3. The minimum absolute atomic E-state index is 0.126. The number of benzene rings is 1. The van der Waals surface area contributed by atoms with Gasteiger partial charge >= 0.3 is 0 Å². The molecule has 0 amide bonds. The first-order valence-electron chi connectivity index (χ1n) is 10.5. The van der Waals surface area contributed by atoms with Crippen LogP contribution in [0, 0.1) is 10.1 Å². The summed E-state index contributed by atoms with van der Waals surface area (Å²) in [6, 6.07) is 6.50.